The monoisotopic (exact) mass is 293 g/mol. The number of benzene rings is 1. The second kappa shape index (κ2) is 6.80. The number of nitrogens with one attached hydrogen (secondary N) is 1. The highest BCUT2D eigenvalue weighted by Crippen LogP contribution is 2.23. The normalized spacial score (nSPS) is 13.9. The van der Waals surface area contributed by atoms with E-state index in [2.05, 4.69) is 19.2 Å². The first-order chi connectivity index (χ1) is 9.62. The minimum atomic E-state index is -0.836. The summed E-state index contributed by atoms with van der Waals surface area (Å²) in [5.74, 6) is 0.298. The topological polar surface area (TPSA) is 78.6 Å². The number of hydrogen-bond donors (Lipinski definition) is 3. The van der Waals surface area contributed by atoms with Gasteiger partial charge >= 0.3 is 0 Å². The van der Waals surface area contributed by atoms with E-state index < -0.39 is 5.60 Å². The van der Waals surface area contributed by atoms with Crippen LogP contribution in [0.3, 0.4) is 0 Å². The van der Waals surface area contributed by atoms with Gasteiger partial charge in [-0.1, -0.05) is 13.8 Å². The summed E-state index contributed by atoms with van der Waals surface area (Å²) in [7, 11) is 3.41. The molecule has 1 rings (SSSR count). The molecular formula is C16H27N3O2. The molecule has 118 valence electrons. The SMILES string of the molecule is CC(C)CC(C)(O)CNc1cc(N)ccc1C(=O)N(C)C. The van der Waals surface area contributed by atoms with Gasteiger partial charge in [-0.25, -0.2) is 0 Å². The van der Waals surface area contributed by atoms with Crippen LogP contribution in [-0.2, 0) is 0 Å². The molecule has 0 saturated heterocycles. The number of anilines is 2. The van der Waals surface area contributed by atoms with Crippen molar-refractivity contribution in [1.82, 2.24) is 4.90 Å². The van der Waals surface area contributed by atoms with E-state index in [0.717, 1.165) is 0 Å². The molecule has 1 amide bonds. The molecule has 0 aliphatic carbocycles. The summed E-state index contributed by atoms with van der Waals surface area (Å²) in [6.45, 7) is 6.29. The maximum absolute atomic E-state index is 12.2. The van der Waals surface area contributed by atoms with Crippen LogP contribution in [0.5, 0.6) is 0 Å². The molecule has 5 nitrogen and oxygen atoms in total. The van der Waals surface area contributed by atoms with E-state index in [0.29, 0.717) is 35.8 Å². The second-order valence-corrected chi connectivity index (χ2v) is 6.45. The van der Waals surface area contributed by atoms with Crippen molar-refractivity contribution in [3.63, 3.8) is 0 Å². The number of nitrogens with two attached hydrogens (primary N) is 1. The molecule has 4 N–H and O–H groups in total. The van der Waals surface area contributed by atoms with Gasteiger partial charge in [0.1, 0.15) is 0 Å². The van der Waals surface area contributed by atoms with Gasteiger partial charge in [0.25, 0.3) is 5.91 Å². The smallest absolute Gasteiger partial charge is 0.255 e. The van der Waals surface area contributed by atoms with Crippen LogP contribution in [0.15, 0.2) is 18.2 Å². The summed E-state index contributed by atoms with van der Waals surface area (Å²) in [5, 5.41) is 13.5. The minimum Gasteiger partial charge on any atom is -0.399 e. The number of nitrogens with zero attached hydrogens (tertiary/aromatic N) is 1. The lowest BCUT2D eigenvalue weighted by molar-refractivity contribution is 0.0514. The van der Waals surface area contributed by atoms with E-state index in [9.17, 15) is 9.90 Å². The third-order valence-electron chi connectivity index (χ3n) is 3.19. The van der Waals surface area contributed by atoms with Crippen LogP contribution >= 0.6 is 0 Å². The largest absolute Gasteiger partial charge is 0.399 e. The first kappa shape index (κ1) is 17.3. The highest BCUT2D eigenvalue weighted by molar-refractivity contribution is 6.00. The Labute approximate surface area is 127 Å². The predicted molar refractivity (Wildman–Crippen MR) is 87.4 cm³/mol. The fourth-order valence-electron chi connectivity index (χ4n) is 2.37. The van der Waals surface area contributed by atoms with Crippen LogP contribution in [0.1, 0.15) is 37.6 Å². The minimum absolute atomic E-state index is 0.0963. The van der Waals surface area contributed by atoms with Crippen molar-refractivity contribution in [2.75, 3.05) is 31.7 Å². The zero-order chi connectivity index (χ0) is 16.2. The molecule has 1 aromatic carbocycles. The van der Waals surface area contributed by atoms with E-state index >= 15 is 0 Å². The van der Waals surface area contributed by atoms with Crippen LogP contribution in [-0.4, -0.2) is 42.2 Å². The molecule has 0 heterocycles. The van der Waals surface area contributed by atoms with Gasteiger partial charge in [-0.05, 0) is 37.5 Å². The first-order valence-corrected chi connectivity index (χ1v) is 7.20. The molecule has 0 bridgehead atoms. The summed E-state index contributed by atoms with van der Waals surface area (Å²) in [4.78, 5) is 13.7. The van der Waals surface area contributed by atoms with Crippen molar-refractivity contribution in [3.8, 4) is 0 Å². The highest BCUT2D eigenvalue weighted by atomic mass is 16.3. The van der Waals surface area contributed by atoms with E-state index in [4.69, 9.17) is 5.73 Å². The maximum atomic E-state index is 12.2. The van der Waals surface area contributed by atoms with Gasteiger partial charge < -0.3 is 21.1 Å². The molecule has 21 heavy (non-hydrogen) atoms. The van der Waals surface area contributed by atoms with E-state index in [1.807, 2.05) is 0 Å². The van der Waals surface area contributed by atoms with Crippen LogP contribution in [0.4, 0.5) is 11.4 Å². The van der Waals surface area contributed by atoms with Crippen molar-refractivity contribution >= 4 is 17.3 Å². The number of carbonyl (C=O) groups is 1. The number of amides is 1. The summed E-state index contributed by atoms with van der Waals surface area (Å²) < 4.78 is 0. The lowest BCUT2D eigenvalue weighted by Crippen LogP contribution is -2.35. The van der Waals surface area contributed by atoms with Gasteiger partial charge in [-0.2, -0.15) is 0 Å². The van der Waals surface area contributed by atoms with Crippen molar-refractivity contribution in [2.24, 2.45) is 5.92 Å². The van der Waals surface area contributed by atoms with Crippen molar-refractivity contribution in [2.45, 2.75) is 32.8 Å². The van der Waals surface area contributed by atoms with Crippen molar-refractivity contribution in [1.29, 1.82) is 0 Å². The molecule has 0 aliphatic rings. The molecular weight excluding hydrogens is 266 g/mol. The lowest BCUT2D eigenvalue weighted by atomic mass is 9.94. The van der Waals surface area contributed by atoms with Crippen LogP contribution < -0.4 is 11.1 Å². The van der Waals surface area contributed by atoms with E-state index in [-0.39, 0.29) is 5.91 Å². The average Bonchev–Trinajstić information content (AvgIpc) is 2.34. The molecule has 0 aromatic heterocycles. The Hall–Kier alpha value is -1.75. The Morgan fingerprint density at radius 3 is 2.57 bits per heavy atom. The van der Waals surface area contributed by atoms with Gasteiger partial charge in [-0.3, -0.25) is 4.79 Å². The fraction of sp³-hybridized carbons (Fsp3) is 0.562. The molecule has 1 atom stereocenters. The zero-order valence-electron chi connectivity index (χ0n) is 13.6. The summed E-state index contributed by atoms with van der Waals surface area (Å²) in [6.07, 6.45) is 0.680. The van der Waals surface area contributed by atoms with Gasteiger partial charge in [0.05, 0.1) is 11.2 Å². The number of carbonyl (C=O) groups excluding carboxylic acids is 1. The van der Waals surface area contributed by atoms with Crippen LogP contribution in [0, 0.1) is 5.92 Å². The quantitative estimate of drug-likeness (QED) is 0.702. The first-order valence-electron chi connectivity index (χ1n) is 7.20. The Morgan fingerprint density at radius 2 is 2.05 bits per heavy atom. The molecule has 0 radical (unpaired) electrons. The Bertz CT molecular complexity index is 496. The number of nitrogen functional groups attached to an aromatic ring is 1. The third kappa shape index (κ3) is 5.27. The molecule has 1 aromatic rings. The average molecular weight is 293 g/mol. The van der Waals surface area contributed by atoms with E-state index in [1.165, 1.54) is 4.90 Å². The van der Waals surface area contributed by atoms with Crippen molar-refractivity contribution < 1.29 is 9.90 Å². The van der Waals surface area contributed by atoms with E-state index in [1.54, 1.807) is 39.2 Å². The zero-order valence-corrected chi connectivity index (χ0v) is 13.6. The Balaban J connectivity index is 2.92. The molecule has 0 spiro atoms. The third-order valence-corrected chi connectivity index (χ3v) is 3.19. The number of hydrogen-bond acceptors (Lipinski definition) is 4. The summed E-state index contributed by atoms with van der Waals surface area (Å²) in [5.41, 5.74) is 6.74. The summed E-state index contributed by atoms with van der Waals surface area (Å²) >= 11 is 0. The van der Waals surface area contributed by atoms with Gasteiger partial charge in [0.2, 0.25) is 0 Å². The Kier molecular flexibility index (Phi) is 5.61. The summed E-state index contributed by atoms with van der Waals surface area (Å²) in [6, 6.07) is 5.13. The molecule has 5 heteroatoms. The van der Waals surface area contributed by atoms with Crippen molar-refractivity contribution in [3.05, 3.63) is 23.8 Å². The molecule has 0 fully saturated rings. The second-order valence-electron chi connectivity index (χ2n) is 6.45. The van der Waals surface area contributed by atoms with Gasteiger partial charge in [-0.15, -0.1) is 0 Å². The standard InChI is InChI=1S/C16H27N3O2/c1-11(2)9-16(3,21)10-18-14-8-12(17)6-7-13(14)15(20)19(4)5/h6-8,11,18,21H,9-10,17H2,1-5H3. The molecule has 0 saturated carbocycles. The van der Waals surface area contributed by atoms with Gasteiger partial charge in [0, 0.05) is 32.0 Å². The molecule has 1 unspecified atom stereocenters. The number of aliphatic hydroxyl groups is 1. The van der Waals surface area contributed by atoms with Crippen LogP contribution in [0.25, 0.3) is 0 Å². The number of rotatable bonds is 6. The maximum Gasteiger partial charge on any atom is 0.255 e. The lowest BCUT2D eigenvalue weighted by Gasteiger charge is -2.27. The Morgan fingerprint density at radius 1 is 1.43 bits per heavy atom. The van der Waals surface area contributed by atoms with Crippen LogP contribution in [0.2, 0.25) is 0 Å². The fourth-order valence-corrected chi connectivity index (χ4v) is 2.37. The van der Waals surface area contributed by atoms with Gasteiger partial charge in [0.15, 0.2) is 0 Å². The predicted octanol–water partition coefficient (Wildman–Crippen LogP) is 2.18. The highest BCUT2D eigenvalue weighted by Gasteiger charge is 2.23. The molecule has 0 aliphatic heterocycles.